The number of aliphatic hydroxyl groups is 1. The highest BCUT2D eigenvalue weighted by Gasteiger charge is 2.39. The molecule has 0 spiro atoms. The van der Waals surface area contributed by atoms with Crippen LogP contribution in [0.5, 0.6) is 0 Å². The van der Waals surface area contributed by atoms with Gasteiger partial charge in [0.05, 0.1) is 6.61 Å². The largest absolute Gasteiger partial charge is 0.479 e. The molecular formula is C13H14FNO5. The molecule has 1 aromatic carbocycles. The van der Waals surface area contributed by atoms with Crippen molar-refractivity contribution < 1.29 is 28.9 Å². The number of anilines is 1. The molecule has 7 heteroatoms. The molecule has 1 saturated heterocycles. The molecule has 1 heterocycles. The number of carbonyl (C=O) groups excluding carboxylic acids is 1. The lowest BCUT2D eigenvalue weighted by Gasteiger charge is -2.34. The fourth-order valence-electron chi connectivity index (χ4n) is 2.07. The van der Waals surface area contributed by atoms with Crippen molar-refractivity contribution in [3.05, 3.63) is 29.6 Å². The number of carboxylic acids is 1. The lowest BCUT2D eigenvalue weighted by molar-refractivity contribution is -0.163. The highest BCUT2D eigenvalue weighted by atomic mass is 19.1. The number of hydrogen-bond donors (Lipinski definition) is 2. The average Bonchev–Trinajstić information content (AvgIpc) is 2.41. The van der Waals surface area contributed by atoms with Crippen LogP contribution in [-0.4, -0.2) is 47.4 Å². The van der Waals surface area contributed by atoms with Gasteiger partial charge in [-0.3, -0.25) is 4.79 Å². The Hall–Kier alpha value is -1.99. The van der Waals surface area contributed by atoms with E-state index < -0.39 is 29.9 Å². The van der Waals surface area contributed by atoms with Crippen molar-refractivity contribution in [1.29, 1.82) is 0 Å². The molecule has 6 nitrogen and oxygen atoms in total. The van der Waals surface area contributed by atoms with Gasteiger partial charge in [-0.2, -0.15) is 0 Å². The van der Waals surface area contributed by atoms with Crippen molar-refractivity contribution in [1.82, 2.24) is 0 Å². The Morgan fingerprint density at radius 2 is 2.25 bits per heavy atom. The minimum atomic E-state index is -1.95. The molecule has 2 atom stereocenters. The SMILES string of the molecule is Cc1ccc(F)cc1N1CCO[C@H]([C@@H](O)C(=O)O)C1=O. The maximum Gasteiger partial charge on any atom is 0.335 e. The molecule has 0 aliphatic carbocycles. The van der Waals surface area contributed by atoms with Crippen LogP contribution in [0.2, 0.25) is 0 Å². The van der Waals surface area contributed by atoms with Gasteiger partial charge in [0.2, 0.25) is 0 Å². The molecule has 1 amide bonds. The van der Waals surface area contributed by atoms with Gasteiger partial charge in [-0.05, 0) is 24.6 Å². The standard InChI is InChI=1S/C13H14FNO5/c1-7-2-3-8(14)6-9(7)15-4-5-20-11(12(15)17)10(16)13(18)19/h2-3,6,10-11,16H,4-5H2,1H3,(H,18,19)/t10-,11-/m1/s1. The van der Waals surface area contributed by atoms with Gasteiger partial charge in [0.15, 0.2) is 12.2 Å². The van der Waals surface area contributed by atoms with Gasteiger partial charge < -0.3 is 19.8 Å². The number of carboxylic acid groups (broad SMARTS) is 1. The van der Waals surface area contributed by atoms with Gasteiger partial charge in [-0.15, -0.1) is 0 Å². The summed E-state index contributed by atoms with van der Waals surface area (Å²) in [5.74, 6) is -2.73. The first-order chi connectivity index (χ1) is 9.41. The lowest BCUT2D eigenvalue weighted by Crippen LogP contribution is -2.54. The van der Waals surface area contributed by atoms with Crippen molar-refractivity contribution >= 4 is 17.6 Å². The molecule has 1 aliphatic heterocycles. The number of aryl methyl sites for hydroxylation is 1. The van der Waals surface area contributed by atoms with Gasteiger partial charge in [-0.1, -0.05) is 6.07 Å². The predicted octanol–water partition coefficient (Wildman–Crippen LogP) is 0.311. The Morgan fingerprint density at radius 1 is 1.55 bits per heavy atom. The smallest absolute Gasteiger partial charge is 0.335 e. The Morgan fingerprint density at radius 3 is 2.90 bits per heavy atom. The summed E-state index contributed by atoms with van der Waals surface area (Å²) >= 11 is 0. The summed E-state index contributed by atoms with van der Waals surface area (Å²) in [4.78, 5) is 24.2. The average molecular weight is 283 g/mol. The van der Waals surface area contributed by atoms with Gasteiger partial charge in [0.25, 0.3) is 5.91 Å². The van der Waals surface area contributed by atoms with Gasteiger partial charge in [0.1, 0.15) is 5.82 Å². The summed E-state index contributed by atoms with van der Waals surface area (Å²) in [5.41, 5.74) is 1.02. The third-order valence-electron chi connectivity index (χ3n) is 3.12. The van der Waals surface area contributed by atoms with E-state index in [1.165, 1.54) is 23.1 Å². The summed E-state index contributed by atoms with van der Waals surface area (Å²) in [5, 5.41) is 18.2. The molecule has 108 valence electrons. The van der Waals surface area contributed by atoms with Crippen LogP contribution in [0.4, 0.5) is 10.1 Å². The van der Waals surface area contributed by atoms with Crippen molar-refractivity contribution in [3.63, 3.8) is 0 Å². The lowest BCUT2D eigenvalue weighted by atomic mass is 10.1. The Kier molecular flexibility index (Phi) is 4.01. The summed E-state index contributed by atoms with van der Waals surface area (Å²) in [6.45, 7) is 1.95. The number of halogens is 1. The van der Waals surface area contributed by atoms with E-state index in [0.717, 1.165) is 0 Å². The number of carbonyl (C=O) groups is 2. The zero-order chi connectivity index (χ0) is 14.9. The van der Waals surface area contributed by atoms with Crippen LogP contribution in [0.1, 0.15) is 5.56 Å². The molecule has 0 radical (unpaired) electrons. The van der Waals surface area contributed by atoms with Crippen LogP contribution in [0.25, 0.3) is 0 Å². The van der Waals surface area contributed by atoms with Crippen molar-refractivity contribution in [2.24, 2.45) is 0 Å². The summed E-state index contributed by atoms with van der Waals surface area (Å²) < 4.78 is 18.3. The normalized spacial score (nSPS) is 20.9. The zero-order valence-electron chi connectivity index (χ0n) is 10.7. The number of amides is 1. The molecule has 1 aliphatic rings. The Balaban J connectivity index is 2.31. The van der Waals surface area contributed by atoms with Crippen LogP contribution >= 0.6 is 0 Å². The first-order valence-electron chi connectivity index (χ1n) is 6.02. The molecule has 0 unspecified atom stereocenters. The van der Waals surface area contributed by atoms with E-state index in [1.54, 1.807) is 6.92 Å². The molecule has 1 fully saturated rings. The molecule has 1 aromatic rings. The molecule has 20 heavy (non-hydrogen) atoms. The number of aliphatic carboxylic acids is 1. The molecule has 0 bridgehead atoms. The van der Waals surface area contributed by atoms with E-state index in [1.807, 2.05) is 0 Å². The van der Waals surface area contributed by atoms with E-state index in [9.17, 15) is 19.1 Å². The second-order valence-electron chi connectivity index (χ2n) is 4.50. The molecule has 0 saturated carbocycles. The first-order valence-corrected chi connectivity index (χ1v) is 6.02. The number of hydrogen-bond acceptors (Lipinski definition) is 4. The fraction of sp³-hybridized carbons (Fsp3) is 0.385. The van der Waals surface area contributed by atoms with Crippen LogP contribution in [0.15, 0.2) is 18.2 Å². The van der Waals surface area contributed by atoms with E-state index in [0.29, 0.717) is 11.3 Å². The van der Waals surface area contributed by atoms with Gasteiger partial charge in [0, 0.05) is 12.2 Å². The summed E-state index contributed by atoms with van der Waals surface area (Å²) in [6, 6.07) is 3.99. The number of rotatable bonds is 3. The van der Waals surface area contributed by atoms with Crippen molar-refractivity contribution in [3.8, 4) is 0 Å². The third kappa shape index (κ3) is 2.63. The highest BCUT2D eigenvalue weighted by molar-refractivity contribution is 6.00. The second-order valence-corrected chi connectivity index (χ2v) is 4.50. The summed E-state index contributed by atoms with van der Waals surface area (Å²) in [7, 11) is 0. The van der Waals surface area contributed by atoms with Crippen LogP contribution in [-0.2, 0) is 14.3 Å². The Labute approximate surface area is 114 Å². The van der Waals surface area contributed by atoms with Crippen molar-refractivity contribution in [2.75, 3.05) is 18.1 Å². The maximum atomic E-state index is 13.3. The fourth-order valence-corrected chi connectivity index (χ4v) is 2.07. The van der Waals surface area contributed by atoms with Crippen molar-refractivity contribution in [2.45, 2.75) is 19.1 Å². The Bertz CT molecular complexity index is 548. The first kappa shape index (κ1) is 14.4. The number of benzene rings is 1. The van der Waals surface area contributed by atoms with E-state index in [4.69, 9.17) is 9.84 Å². The predicted molar refractivity (Wildman–Crippen MR) is 66.9 cm³/mol. The zero-order valence-corrected chi connectivity index (χ0v) is 10.7. The number of aliphatic hydroxyl groups excluding tert-OH is 1. The topological polar surface area (TPSA) is 87.1 Å². The molecule has 0 aromatic heterocycles. The van der Waals surface area contributed by atoms with Crippen LogP contribution < -0.4 is 4.90 Å². The monoisotopic (exact) mass is 283 g/mol. The van der Waals surface area contributed by atoms with Gasteiger partial charge in [-0.25, -0.2) is 9.18 Å². The molecular weight excluding hydrogens is 269 g/mol. The second kappa shape index (κ2) is 5.56. The van der Waals surface area contributed by atoms with Gasteiger partial charge >= 0.3 is 5.97 Å². The van der Waals surface area contributed by atoms with E-state index in [2.05, 4.69) is 0 Å². The molecule has 2 rings (SSSR count). The number of morpholine rings is 1. The third-order valence-corrected chi connectivity index (χ3v) is 3.12. The number of ether oxygens (including phenoxy) is 1. The maximum absolute atomic E-state index is 13.3. The minimum absolute atomic E-state index is 0.0662. The minimum Gasteiger partial charge on any atom is -0.479 e. The van der Waals surface area contributed by atoms with E-state index in [-0.39, 0.29) is 13.2 Å². The number of nitrogens with zero attached hydrogens (tertiary/aromatic N) is 1. The van der Waals surface area contributed by atoms with Crippen LogP contribution in [0.3, 0.4) is 0 Å². The highest BCUT2D eigenvalue weighted by Crippen LogP contribution is 2.25. The summed E-state index contributed by atoms with van der Waals surface area (Å²) in [6.07, 6.45) is -3.43. The van der Waals surface area contributed by atoms with Crippen LogP contribution in [0, 0.1) is 12.7 Å². The molecule has 2 N–H and O–H groups in total. The van der Waals surface area contributed by atoms with E-state index >= 15 is 0 Å². The quantitative estimate of drug-likeness (QED) is 0.833.